The number of thiophene rings is 1. The van der Waals surface area contributed by atoms with Gasteiger partial charge in [0, 0.05) is 16.6 Å². The van der Waals surface area contributed by atoms with E-state index in [-0.39, 0.29) is 11.4 Å². The minimum Gasteiger partial charge on any atom is -0.478 e. The number of nitrogens with zero attached hydrogens (tertiary/aromatic N) is 1. The van der Waals surface area contributed by atoms with Gasteiger partial charge in [-0.2, -0.15) is 0 Å². The van der Waals surface area contributed by atoms with Crippen LogP contribution in [0.4, 0.5) is 10.1 Å². The standard InChI is InChI=1S/C22H19FN2O2S/c1-12(2)11-24-18-9-14-7-13(22(26)27)3-5-17(14)25-21(18)20-10-15-8-16(23)4-6-19(15)28-20/h3-10,12,24H,11H2,1-2H3,(H,26,27). The third-order valence-electron chi connectivity index (χ3n) is 4.47. The topological polar surface area (TPSA) is 62.2 Å². The third kappa shape index (κ3) is 3.55. The summed E-state index contributed by atoms with van der Waals surface area (Å²) >= 11 is 1.56. The van der Waals surface area contributed by atoms with Crippen LogP contribution in [0.3, 0.4) is 0 Å². The van der Waals surface area contributed by atoms with Crippen LogP contribution in [0.25, 0.3) is 31.6 Å². The number of aromatic nitrogens is 1. The van der Waals surface area contributed by atoms with E-state index in [4.69, 9.17) is 4.98 Å². The number of fused-ring (bicyclic) bond motifs is 2. The number of aromatic carboxylic acids is 1. The highest BCUT2D eigenvalue weighted by molar-refractivity contribution is 7.22. The van der Waals surface area contributed by atoms with Crippen molar-refractivity contribution >= 4 is 44.0 Å². The monoisotopic (exact) mass is 394 g/mol. The predicted octanol–water partition coefficient (Wildman–Crippen LogP) is 6.02. The van der Waals surface area contributed by atoms with Crippen LogP contribution in [0, 0.1) is 11.7 Å². The molecule has 2 N–H and O–H groups in total. The minimum absolute atomic E-state index is 0.231. The summed E-state index contributed by atoms with van der Waals surface area (Å²) in [5.41, 5.74) is 2.58. The molecule has 4 rings (SSSR count). The summed E-state index contributed by atoms with van der Waals surface area (Å²) in [6.45, 7) is 5.00. The Bertz CT molecular complexity index is 1200. The number of nitrogens with one attached hydrogen (secondary N) is 1. The van der Waals surface area contributed by atoms with Gasteiger partial charge in [-0.05, 0) is 59.8 Å². The zero-order chi connectivity index (χ0) is 19.8. The van der Waals surface area contributed by atoms with Crippen molar-refractivity contribution in [3.8, 4) is 10.6 Å². The van der Waals surface area contributed by atoms with Crippen molar-refractivity contribution < 1.29 is 14.3 Å². The van der Waals surface area contributed by atoms with Gasteiger partial charge in [0.1, 0.15) is 11.5 Å². The number of halogens is 1. The Labute approximate surface area is 165 Å². The third-order valence-corrected chi connectivity index (χ3v) is 5.60. The van der Waals surface area contributed by atoms with Crippen LogP contribution in [0.15, 0.2) is 48.5 Å². The lowest BCUT2D eigenvalue weighted by atomic mass is 10.1. The number of hydrogen-bond donors (Lipinski definition) is 2. The Morgan fingerprint density at radius 1 is 1.14 bits per heavy atom. The van der Waals surface area contributed by atoms with Gasteiger partial charge in [-0.15, -0.1) is 11.3 Å². The Morgan fingerprint density at radius 2 is 1.96 bits per heavy atom. The first-order valence-corrected chi connectivity index (χ1v) is 9.84. The van der Waals surface area contributed by atoms with Crippen LogP contribution >= 0.6 is 11.3 Å². The number of rotatable bonds is 5. The number of benzene rings is 2. The molecule has 142 valence electrons. The van der Waals surface area contributed by atoms with Gasteiger partial charge in [-0.1, -0.05) is 13.8 Å². The molecule has 0 amide bonds. The second-order valence-electron chi connectivity index (χ2n) is 7.16. The first-order valence-electron chi connectivity index (χ1n) is 9.02. The second kappa shape index (κ2) is 7.20. The fourth-order valence-electron chi connectivity index (χ4n) is 3.08. The number of anilines is 1. The van der Waals surface area contributed by atoms with E-state index in [0.29, 0.717) is 5.92 Å². The molecule has 0 spiro atoms. The average Bonchev–Trinajstić information content (AvgIpc) is 3.07. The number of carboxylic acid groups (broad SMARTS) is 1. The van der Waals surface area contributed by atoms with Crippen LogP contribution in [0.5, 0.6) is 0 Å². The molecule has 0 saturated carbocycles. The van der Waals surface area contributed by atoms with E-state index in [1.54, 1.807) is 35.6 Å². The van der Waals surface area contributed by atoms with Crippen molar-refractivity contribution in [2.24, 2.45) is 5.92 Å². The molecule has 4 nitrogen and oxygen atoms in total. The highest BCUT2D eigenvalue weighted by atomic mass is 32.1. The fraction of sp³-hybridized carbons (Fsp3) is 0.182. The van der Waals surface area contributed by atoms with Crippen molar-refractivity contribution in [2.75, 3.05) is 11.9 Å². The Balaban J connectivity index is 1.89. The molecular formula is C22H19FN2O2S. The molecule has 4 aromatic rings. The molecule has 0 atom stereocenters. The lowest BCUT2D eigenvalue weighted by Gasteiger charge is -2.14. The largest absolute Gasteiger partial charge is 0.478 e. The van der Waals surface area contributed by atoms with E-state index in [0.717, 1.165) is 43.8 Å². The van der Waals surface area contributed by atoms with Gasteiger partial charge in [0.2, 0.25) is 0 Å². The maximum absolute atomic E-state index is 13.6. The smallest absolute Gasteiger partial charge is 0.335 e. The summed E-state index contributed by atoms with van der Waals surface area (Å²) < 4.78 is 14.6. The van der Waals surface area contributed by atoms with E-state index >= 15 is 0 Å². The maximum Gasteiger partial charge on any atom is 0.335 e. The van der Waals surface area contributed by atoms with Crippen molar-refractivity contribution in [1.29, 1.82) is 0 Å². The number of carbonyl (C=O) groups is 1. The molecule has 0 radical (unpaired) electrons. The van der Waals surface area contributed by atoms with Gasteiger partial charge in [0.25, 0.3) is 0 Å². The molecule has 2 aromatic heterocycles. The van der Waals surface area contributed by atoms with Gasteiger partial charge in [-0.3, -0.25) is 0 Å². The summed E-state index contributed by atoms with van der Waals surface area (Å²) in [7, 11) is 0. The first kappa shape index (κ1) is 18.4. The van der Waals surface area contributed by atoms with Crippen molar-refractivity contribution in [3.05, 3.63) is 59.9 Å². The molecule has 6 heteroatoms. The average molecular weight is 394 g/mol. The van der Waals surface area contributed by atoms with E-state index in [9.17, 15) is 14.3 Å². The maximum atomic E-state index is 13.6. The Morgan fingerprint density at radius 3 is 2.71 bits per heavy atom. The van der Waals surface area contributed by atoms with E-state index < -0.39 is 5.97 Å². The van der Waals surface area contributed by atoms with Crippen LogP contribution in [0.1, 0.15) is 24.2 Å². The summed E-state index contributed by atoms with van der Waals surface area (Å²) in [5, 5.41) is 14.3. The lowest BCUT2D eigenvalue weighted by molar-refractivity contribution is 0.0697. The van der Waals surface area contributed by atoms with Crippen LogP contribution in [-0.2, 0) is 0 Å². The van der Waals surface area contributed by atoms with E-state index in [2.05, 4.69) is 19.2 Å². The van der Waals surface area contributed by atoms with Crippen molar-refractivity contribution in [1.82, 2.24) is 4.98 Å². The molecule has 28 heavy (non-hydrogen) atoms. The van der Waals surface area contributed by atoms with Gasteiger partial charge >= 0.3 is 5.97 Å². The minimum atomic E-state index is -0.964. The first-order chi connectivity index (χ1) is 13.4. The molecule has 2 heterocycles. The molecule has 0 aliphatic carbocycles. The van der Waals surface area contributed by atoms with Gasteiger partial charge in [0.15, 0.2) is 0 Å². The molecule has 0 bridgehead atoms. The second-order valence-corrected chi connectivity index (χ2v) is 8.25. The SMILES string of the molecule is CC(C)CNc1cc2cc(C(=O)O)ccc2nc1-c1cc2cc(F)ccc2s1. The fourth-order valence-corrected chi connectivity index (χ4v) is 4.12. The van der Waals surface area contributed by atoms with Crippen LogP contribution in [0.2, 0.25) is 0 Å². The highest BCUT2D eigenvalue weighted by Crippen LogP contribution is 2.38. The molecule has 2 aromatic carbocycles. The van der Waals surface area contributed by atoms with Crippen molar-refractivity contribution in [3.63, 3.8) is 0 Å². The summed E-state index contributed by atoms with van der Waals surface area (Å²) in [5.74, 6) is -0.790. The number of carboxylic acids is 1. The zero-order valence-electron chi connectivity index (χ0n) is 15.5. The Kier molecular flexibility index (Phi) is 4.73. The molecule has 0 fully saturated rings. The summed E-state index contributed by atoms with van der Waals surface area (Å²) in [6, 6.07) is 13.6. The van der Waals surface area contributed by atoms with Crippen LogP contribution < -0.4 is 5.32 Å². The molecule has 0 unspecified atom stereocenters. The molecule has 0 saturated heterocycles. The van der Waals surface area contributed by atoms with E-state index in [1.165, 1.54) is 12.1 Å². The summed E-state index contributed by atoms with van der Waals surface area (Å²) in [4.78, 5) is 17.0. The molecular weight excluding hydrogens is 375 g/mol. The Hall–Kier alpha value is -2.99. The molecule has 0 aliphatic heterocycles. The quantitative estimate of drug-likeness (QED) is 0.434. The predicted molar refractivity (Wildman–Crippen MR) is 113 cm³/mol. The number of hydrogen-bond acceptors (Lipinski definition) is 4. The van der Waals surface area contributed by atoms with Gasteiger partial charge in [0.05, 0.1) is 21.6 Å². The highest BCUT2D eigenvalue weighted by Gasteiger charge is 2.14. The van der Waals surface area contributed by atoms with Gasteiger partial charge in [-0.25, -0.2) is 14.2 Å². The zero-order valence-corrected chi connectivity index (χ0v) is 16.3. The van der Waals surface area contributed by atoms with Gasteiger partial charge < -0.3 is 10.4 Å². The van der Waals surface area contributed by atoms with Crippen LogP contribution in [-0.4, -0.2) is 22.6 Å². The normalized spacial score (nSPS) is 11.4. The lowest BCUT2D eigenvalue weighted by Crippen LogP contribution is -2.09. The van der Waals surface area contributed by atoms with Crippen molar-refractivity contribution in [2.45, 2.75) is 13.8 Å². The molecule has 0 aliphatic rings. The summed E-state index contributed by atoms with van der Waals surface area (Å²) in [6.07, 6.45) is 0. The van der Waals surface area contributed by atoms with E-state index in [1.807, 2.05) is 12.1 Å². The number of pyridine rings is 1.